The highest BCUT2D eigenvalue weighted by molar-refractivity contribution is 4.48. The van der Waals surface area contributed by atoms with Crippen molar-refractivity contribution in [2.24, 2.45) is 11.8 Å². The zero-order chi connectivity index (χ0) is 20.4. The summed E-state index contributed by atoms with van der Waals surface area (Å²) in [6.45, 7) is 5.90. The first-order chi connectivity index (χ1) is 13.9. The van der Waals surface area contributed by atoms with E-state index in [9.17, 15) is 0 Å². The fourth-order valence-electron chi connectivity index (χ4n) is 2.67. The molecule has 0 atom stereocenters. The van der Waals surface area contributed by atoms with Gasteiger partial charge in [-0.05, 0) is 12.8 Å². The van der Waals surface area contributed by atoms with E-state index in [0.717, 1.165) is 19.4 Å². The molecule has 28 heavy (non-hydrogen) atoms. The Morgan fingerprint density at radius 3 is 0.964 bits per heavy atom. The van der Waals surface area contributed by atoms with E-state index in [2.05, 4.69) is 9.68 Å². The molecule has 0 aliphatic heterocycles. The van der Waals surface area contributed by atoms with Gasteiger partial charge in [-0.3, -0.25) is 0 Å². The molecule has 0 spiro atoms. The smallest absolute Gasteiger partial charge is 0.0913 e. The molecule has 0 unspecified atom stereocenters. The van der Waals surface area contributed by atoms with Crippen LogP contribution in [-0.4, -0.2) is 66.1 Å². The molecule has 170 valence electrons. The van der Waals surface area contributed by atoms with Gasteiger partial charge in [0.2, 0.25) is 0 Å². The molecule has 0 saturated heterocycles. The summed E-state index contributed by atoms with van der Waals surface area (Å²) in [4.78, 5) is 8.95. The van der Waals surface area contributed by atoms with Crippen LogP contribution in [0.1, 0.15) is 64.2 Å². The Hall–Kier alpha value is -0.320. The maximum absolute atomic E-state index is 5.58. The average molecular weight is 409 g/mol. The maximum atomic E-state index is 5.58. The van der Waals surface area contributed by atoms with Crippen LogP contribution in [0.5, 0.6) is 0 Å². The highest BCUT2D eigenvalue weighted by atomic mass is 16.6. The van der Waals surface area contributed by atoms with E-state index in [-0.39, 0.29) is 0 Å². The molecule has 0 heterocycles. The van der Waals surface area contributed by atoms with Crippen molar-refractivity contribution in [2.45, 2.75) is 64.2 Å². The number of hydrogen-bond acceptors (Lipinski definition) is 8. The molecule has 8 nitrogen and oxygen atoms in total. The summed E-state index contributed by atoms with van der Waals surface area (Å²) < 4.78 is 21.6. The van der Waals surface area contributed by atoms with Gasteiger partial charge < -0.3 is 28.6 Å². The largest absolute Gasteiger partial charge is 0.379 e. The topological polar surface area (TPSA) is 107 Å². The van der Waals surface area contributed by atoms with Crippen molar-refractivity contribution >= 4 is 0 Å². The fraction of sp³-hybridized carbons (Fsp3) is 1.00. The summed E-state index contributed by atoms with van der Waals surface area (Å²) in [5.41, 5.74) is 0. The second-order valence-electron chi connectivity index (χ2n) is 6.73. The van der Waals surface area contributed by atoms with Gasteiger partial charge in [-0.1, -0.05) is 51.4 Å². The Labute approximate surface area is 171 Å². The summed E-state index contributed by atoms with van der Waals surface area (Å²) in [6, 6.07) is 0. The average Bonchev–Trinajstić information content (AvgIpc) is 2.71. The van der Waals surface area contributed by atoms with Crippen LogP contribution in [0, 0.1) is 0 Å². The van der Waals surface area contributed by atoms with Crippen LogP contribution < -0.4 is 11.8 Å². The lowest BCUT2D eigenvalue weighted by molar-refractivity contribution is -0.0114. The van der Waals surface area contributed by atoms with Gasteiger partial charge in [-0.2, -0.15) is 0 Å². The first-order valence-electron chi connectivity index (χ1n) is 10.9. The first kappa shape index (κ1) is 27.7. The van der Waals surface area contributed by atoms with Crippen molar-refractivity contribution in [1.82, 2.24) is 0 Å². The van der Waals surface area contributed by atoms with Gasteiger partial charge >= 0.3 is 0 Å². The standard InChI is InChI=1S/C20H44N2O6/c21-27-12-10-8-6-4-2-1-3-5-7-9-11-23-13-14-24-15-16-25-17-18-26-19-20-28-22/h1-22H2. The minimum atomic E-state index is 0.399. The summed E-state index contributed by atoms with van der Waals surface area (Å²) in [6.07, 6.45) is 12.7. The van der Waals surface area contributed by atoms with Crippen molar-refractivity contribution in [2.75, 3.05) is 66.1 Å². The molecule has 8 heteroatoms. The van der Waals surface area contributed by atoms with Crippen LogP contribution in [-0.2, 0) is 28.6 Å². The molecule has 0 aromatic carbocycles. The van der Waals surface area contributed by atoms with E-state index in [1.165, 1.54) is 51.4 Å². The highest BCUT2D eigenvalue weighted by Crippen LogP contribution is 2.10. The Balaban J connectivity index is 2.96. The Morgan fingerprint density at radius 2 is 0.571 bits per heavy atom. The number of unbranched alkanes of at least 4 members (excludes halogenated alkanes) is 9. The summed E-state index contributed by atoms with van der Waals surface area (Å²) >= 11 is 0. The molecule has 0 rings (SSSR count). The van der Waals surface area contributed by atoms with E-state index in [1.807, 2.05) is 0 Å². The molecule has 0 aromatic heterocycles. The van der Waals surface area contributed by atoms with Crippen molar-refractivity contribution in [3.05, 3.63) is 0 Å². The molecule has 0 aliphatic rings. The lowest BCUT2D eigenvalue weighted by Gasteiger charge is -2.07. The number of rotatable bonds is 25. The van der Waals surface area contributed by atoms with Crippen LogP contribution in [0.15, 0.2) is 0 Å². The molecule has 0 aromatic rings. The summed E-state index contributed by atoms with van der Waals surface area (Å²) in [7, 11) is 0. The first-order valence-corrected chi connectivity index (χ1v) is 10.9. The zero-order valence-corrected chi connectivity index (χ0v) is 17.7. The van der Waals surface area contributed by atoms with Crippen LogP contribution in [0.4, 0.5) is 0 Å². The molecule has 4 N–H and O–H groups in total. The lowest BCUT2D eigenvalue weighted by Crippen LogP contribution is -2.14. The lowest BCUT2D eigenvalue weighted by atomic mass is 10.1. The van der Waals surface area contributed by atoms with Gasteiger partial charge in [0.25, 0.3) is 0 Å². The van der Waals surface area contributed by atoms with Crippen molar-refractivity contribution in [3.8, 4) is 0 Å². The molecule has 0 aliphatic carbocycles. The number of hydrogen-bond donors (Lipinski definition) is 2. The van der Waals surface area contributed by atoms with E-state index in [0.29, 0.717) is 59.5 Å². The Morgan fingerprint density at radius 1 is 0.286 bits per heavy atom. The molecule has 0 radical (unpaired) electrons. The second kappa shape index (κ2) is 26.7. The van der Waals surface area contributed by atoms with Gasteiger partial charge in [0, 0.05) is 6.61 Å². The van der Waals surface area contributed by atoms with Gasteiger partial charge in [-0.15, -0.1) is 0 Å². The third kappa shape index (κ3) is 25.7. The predicted molar refractivity (Wildman–Crippen MR) is 110 cm³/mol. The van der Waals surface area contributed by atoms with Crippen molar-refractivity contribution in [1.29, 1.82) is 0 Å². The van der Waals surface area contributed by atoms with E-state index >= 15 is 0 Å². The maximum Gasteiger partial charge on any atom is 0.0913 e. The third-order valence-corrected chi connectivity index (χ3v) is 4.26. The SMILES string of the molecule is NOCCCCCCCCCCCCOCCOCCOCCOCCON. The summed E-state index contributed by atoms with van der Waals surface area (Å²) in [5.74, 6) is 9.88. The fourth-order valence-corrected chi connectivity index (χ4v) is 2.67. The monoisotopic (exact) mass is 408 g/mol. The zero-order valence-electron chi connectivity index (χ0n) is 17.7. The minimum Gasteiger partial charge on any atom is -0.379 e. The predicted octanol–water partition coefficient (Wildman–Crippen LogP) is 2.73. The Kier molecular flexibility index (Phi) is 26.4. The van der Waals surface area contributed by atoms with E-state index in [1.54, 1.807) is 0 Å². The third-order valence-electron chi connectivity index (χ3n) is 4.26. The van der Waals surface area contributed by atoms with Crippen molar-refractivity contribution < 1.29 is 28.6 Å². The van der Waals surface area contributed by atoms with Crippen molar-refractivity contribution in [3.63, 3.8) is 0 Å². The molecule has 0 saturated carbocycles. The van der Waals surface area contributed by atoms with Gasteiger partial charge in [-0.25, -0.2) is 11.8 Å². The van der Waals surface area contributed by atoms with Gasteiger partial charge in [0.15, 0.2) is 0 Å². The summed E-state index contributed by atoms with van der Waals surface area (Å²) in [5, 5.41) is 0. The molecule has 0 bridgehead atoms. The normalized spacial score (nSPS) is 11.4. The van der Waals surface area contributed by atoms with E-state index < -0.39 is 0 Å². The van der Waals surface area contributed by atoms with Crippen LogP contribution in [0.3, 0.4) is 0 Å². The highest BCUT2D eigenvalue weighted by Gasteiger charge is 1.95. The van der Waals surface area contributed by atoms with Crippen LogP contribution >= 0.6 is 0 Å². The van der Waals surface area contributed by atoms with Crippen LogP contribution in [0.25, 0.3) is 0 Å². The second-order valence-corrected chi connectivity index (χ2v) is 6.73. The van der Waals surface area contributed by atoms with Crippen LogP contribution in [0.2, 0.25) is 0 Å². The molecular weight excluding hydrogens is 364 g/mol. The Bertz CT molecular complexity index is 249. The van der Waals surface area contributed by atoms with Gasteiger partial charge in [0.05, 0.1) is 59.5 Å². The van der Waals surface area contributed by atoms with E-state index in [4.69, 9.17) is 30.7 Å². The minimum absolute atomic E-state index is 0.399. The molecule has 0 fully saturated rings. The number of nitrogens with two attached hydrogens (primary N) is 2. The molecule has 0 amide bonds. The van der Waals surface area contributed by atoms with Gasteiger partial charge in [0.1, 0.15) is 0 Å². The molecular formula is C20H44N2O6. The number of ether oxygens (including phenoxy) is 4. The quantitative estimate of drug-likeness (QED) is 0.175.